The van der Waals surface area contributed by atoms with E-state index in [0.717, 1.165) is 72.3 Å². The molecule has 220 valence electrons. The molecule has 47 heavy (non-hydrogen) atoms. The molecule has 0 atom stereocenters. The van der Waals surface area contributed by atoms with Crippen LogP contribution in [0.1, 0.15) is 0 Å². The van der Waals surface area contributed by atoms with Crippen LogP contribution >= 0.6 is 0 Å². The molecule has 0 saturated heterocycles. The summed E-state index contributed by atoms with van der Waals surface area (Å²) in [6, 6.07) is 59.1. The van der Waals surface area contributed by atoms with E-state index in [1.807, 2.05) is 36.4 Å². The maximum atomic E-state index is 6.67. The smallest absolute Gasteiger partial charge is 0.160 e. The minimum atomic E-state index is 0.695. The maximum Gasteiger partial charge on any atom is 0.160 e. The molecule has 7 aromatic carbocycles. The monoisotopic (exact) mass is 600 g/mol. The standard InChI is InChI=1S/C44H28N2O/c1-4-13-29(14-5-1)34-23-35(37-21-12-22-38-39-26-32-19-10-11-20-33(32)27-42(39)47-43(37)38)25-36(24-34)41-28-40(30-15-6-2-7-16-30)45-44(46-41)31-17-8-3-9-18-31/h1-28H. The van der Waals surface area contributed by atoms with Crippen LogP contribution < -0.4 is 0 Å². The molecule has 0 bridgehead atoms. The van der Waals surface area contributed by atoms with Crippen LogP contribution in [0.25, 0.3) is 88.9 Å². The summed E-state index contributed by atoms with van der Waals surface area (Å²) in [6.07, 6.45) is 0. The van der Waals surface area contributed by atoms with Gasteiger partial charge < -0.3 is 4.42 Å². The first kappa shape index (κ1) is 27.0. The second kappa shape index (κ2) is 11.2. The molecule has 2 aromatic heterocycles. The maximum absolute atomic E-state index is 6.67. The third kappa shape index (κ3) is 4.95. The third-order valence-electron chi connectivity index (χ3n) is 8.84. The Hall–Kier alpha value is -6.32. The van der Waals surface area contributed by atoms with E-state index in [0.29, 0.717) is 5.82 Å². The van der Waals surface area contributed by atoms with Gasteiger partial charge in [-0.15, -0.1) is 0 Å². The number of rotatable bonds is 5. The van der Waals surface area contributed by atoms with Crippen LogP contribution in [0, 0.1) is 0 Å². The van der Waals surface area contributed by atoms with Gasteiger partial charge in [0.05, 0.1) is 11.4 Å². The summed E-state index contributed by atoms with van der Waals surface area (Å²) in [7, 11) is 0. The van der Waals surface area contributed by atoms with Crippen molar-refractivity contribution in [3.63, 3.8) is 0 Å². The van der Waals surface area contributed by atoms with Gasteiger partial charge in [-0.05, 0) is 63.9 Å². The molecule has 0 fully saturated rings. The molecule has 0 N–H and O–H groups in total. The highest BCUT2D eigenvalue weighted by atomic mass is 16.3. The molecule has 9 aromatic rings. The van der Waals surface area contributed by atoms with E-state index in [4.69, 9.17) is 14.4 Å². The van der Waals surface area contributed by atoms with Crippen molar-refractivity contribution in [3.05, 3.63) is 170 Å². The zero-order chi connectivity index (χ0) is 31.2. The summed E-state index contributed by atoms with van der Waals surface area (Å²) in [4.78, 5) is 10.2. The Bertz CT molecular complexity index is 2500. The van der Waals surface area contributed by atoms with Crippen molar-refractivity contribution in [2.75, 3.05) is 0 Å². The molecule has 0 amide bonds. The second-order valence-electron chi connectivity index (χ2n) is 11.8. The van der Waals surface area contributed by atoms with Gasteiger partial charge in [-0.2, -0.15) is 0 Å². The lowest BCUT2D eigenvalue weighted by Crippen LogP contribution is -1.96. The number of fused-ring (bicyclic) bond motifs is 4. The highest BCUT2D eigenvalue weighted by molar-refractivity contribution is 6.13. The summed E-state index contributed by atoms with van der Waals surface area (Å²) in [5, 5.41) is 4.60. The Balaban J connectivity index is 1.29. The average Bonchev–Trinajstić information content (AvgIpc) is 3.52. The Morgan fingerprint density at radius 2 is 0.936 bits per heavy atom. The Morgan fingerprint density at radius 3 is 1.66 bits per heavy atom. The van der Waals surface area contributed by atoms with Gasteiger partial charge in [-0.1, -0.05) is 133 Å². The van der Waals surface area contributed by atoms with Crippen molar-refractivity contribution in [1.29, 1.82) is 0 Å². The van der Waals surface area contributed by atoms with Crippen LogP contribution in [0.5, 0.6) is 0 Å². The fraction of sp³-hybridized carbons (Fsp3) is 0. The topological polar surface area (TPSA) is 38.9 Å². The van der Waals surface area contributed by atoms with Crippen molar-refractivity contribution in [2.24, 2.45) is 0 Å². The van der Waals surface area contributed by atoms with Crippen molar-refractivity contribution < 1.29 is 4.42 Å². The SMILES string of the molecule is c1ccc(-c2cc(-c3cc(-c4ccccc4)nc(-c4ccccc4)n3)cc(-c3cccc4c3oc3cc5ccccc5cc34)c2)cc1. The van der Waals surface area contributed by atoms with Gasteiger partial charge in [0.25, 0.3) is 0 Å². The van der Waals surface area contributed by atoms with Gasteiger partial charge in [0, 0.05) is 33.0 Å². The van der Waals surface area contributed by atoms with Crippen LogP contribution in [0.15, 0.2) is 174 Å². The number of hydrogen-bond donors (Lipinski definition) is 0. The molecule has 3 heteroatoms. The van der Waals surface area contributed by atoms with Gasteiger partial charge in [-0.3, -0.25) is 0 Å². The van der Waals surface area contributed by atoms with Crippen molar-refractivity contribution in [1.82, 2.24) is 9.97 Å². The van der Waals surface area contributed by atoms with Crippen LogP contribution in [-0.2, 0) is 0 Å². The Kier molecular flexibility index (Phi) is 6.46. The van der Waals surface area contributed by atoms with Gasteiger partial charge in [0.15, 0.2) is 5.82 Å². The number of nitrogens with zero attached hydrogens (tertiary/aromatic N) is 2. The molecule has 0 spiro atoms. The predicted octanol–water partition coefficient (Wildman–Crippen LogP) is 11.9. The Labute approximate surface area is 272 Å². The van der Waals surface area contributed by atoms with Gasteiger partial charge in [0.1, 0.15) is 11.2 Å². The first-order valence-corrected chi connectivity index (χ1v) is 15.8. The minimum Gasteiger partial charge on any atom is -0.455 e. The summed E-state index contributed by atoms with van der Waals surface area (Å²) in [6.45, 7) is 0. The lowest BCUT2D eigenvalue weighted by Gasteiger charge is -2.13. The van der Waals surface area contributed by atoms with E-state index in [1.54, 1.807) is 0 Å². The molecule has 0 saturated carbocycles. The number of aromatic nitrogens is 2. The molecule has 0 aliphatic rings. The zero-order valence-electron chi connectivity index (χ0n) is 25.5. The van der Waals surface area contributed by atoms with Gasteiger partial charge >= 0.3 is 0 Å². The van der Waals surface area contributed by atoms with E-state index < -0.39 is 0 Å². The molecule has 2 heterocycles. The normalized spacial score (nSPS) is 11.4. The number of hydrogen-bond acceptors (Lipinski definition) is 3. The average molecular weight is 601 g/mol. The summed E-state index contributed by atoms with van der Waals surface area (Å²) < 4.78 is 6.67. The zero-order valence-corrected chi connectivity index (χ0v) is 25.5. The van der Waals surface area contributed by atoms with Crippen LogP contribution in [0.3, 0.4) is 0 Å². The lowest BCUT2D eigenvalue weighted by molar-refractivity contribution is 0.670. The van der Waals surface area contributed by atoms with Gasteiger partial charge in [-0.25, -0.2) is 9.97 Å². The quantitative estimate of drug-likeness (QED) is 0.197. The van der Waals surface area contributed by atoms with Crippen molar-refractivity contribution in [2.45, 2.75) is 0 Å². The van der Waals surface area contributed by atoms with Crippen LogP contribution in [-0.4, -0.2) is 9.97 Å². The van der Waals surface area contributed by atoms with E-state index in [9.17, 15) is 0 Å². The second-order valence-corrected chi connectivity index (χ2v) is 11.8. The molecular weight excluding hydrogens is 572 g/mol. The lowest BCUT2D eigenvalue weighted by atomic mass is 9.93. The highest BCUT2D eigenvalue weighted by Crippen LogP contribution is 2.40. The fourth-order valence-electron chi connectivity index (χ4n) is 6.51. The largest absolute Gasteiger partial charge is 0.455 e. The number of benzene rings is 7. The predicted molar refractivity (Wildman–Crippen MR) is 194 cm³/mol. The Morgan fingerprint density at radius 1 is 0.362 bits per heavy atom. The fourth-order valence-corrected chi connectivity index (χ4v) is 6.51. The molecule has 9 rings (SSSR count). The van der Waals surface area contributed by atoms with Crippen molar-refractivity contribution in [3.8, 4) is 56.2 Å². The van der Waals surface area contributed by atoms with Crippen LogP contribution in [0.4, 0.5) is 0 Å². The third-order valence-corrected chi connectivity index (χ3v) is 8.84. The van der Waals surface area contributed by atoms with E-state index in [2.05, 4.69) is 133 Å². The summed E-state index contributed by atoms with van der Waals surface area (Å²) in [5.74, 6) is 0.695. The highest BCUT2D eigenvalue weighted by Gasteiger charge is 2.17. The molecule has 0 unspecified atom stereocenters. The van der Waals surface area contributed by atoms with E-state index in [1.165, 1.54) is 10.8 Å². The first-order chi connectivity index (χ1) is 23.3. The number of furan rings is 1. The molecule has 0 radical (unpaired) electrons. The molecule has 0 aliphatic carbocycles. The van der Waals surface area contributed by atoms with Crippen LogP contribution in [0.2, 0.25) is 0 Å². The molecule has 3 nitrogen and oxygen atoms in total. The molecule has 0 aliphatic heterocycles. The van der Waals surface area contributed by atoms with Gasteiger partial charge in [0.2, 0.25) is 0 Å². The van der Waals surface area contributed by atoms with E-state index in [-0.39, 0.29) is 0 Å². The molecular formula is C44H28N2O. The first-order valence-electron chi connectivity index (χ1n) is 15.8. The summed E-state index contributed by atoms with van der Waals surface area (Å²) >= 11 is 0. The number of para-hydroxylation sites is 1. The van der Waals surface area contributed by atoms with E-state index >= 15 is 0 Å². The minimum absolute atomic E-state index is 0.695. The summed E-state index contributed by atoms with van der Waals surface area (Å²) in [5.41, 5.74) is 10.9. The van der Waals surface area contributed by atoms with Crippen molar-refractivity contribution >= 4 is 32.7 Å².